The molecule has 1 aromatic heterocycles. The van der Waals surface area contributed by atoms with Crippen LogP contribution in [0.15, 0.2) is 24.4 Å². The molecule has 1 atom stereocenters. The van der Waals surface area contributed by atoms with Crippen molar-refractivity contribution in [2.24, 2.45) is 0 Å². The van der Waals surface area contributed by atoms with Gasteiger partial charge in [0, 0.05) is 35.7 Å². The predicted molar refractivity (Wildman–Crippen MR) is 69.5 cm³/mol. The minimum absolute atomic E-state index is 0.0827. The van der Waals surface area contributed by atoms with Crippen molar-refractivity contribution in [2.75, 3.05) is 6.61 Å². The van der Waals surface area contributed by atoms with Crippen LogP contribution in [0, 0.1) is 0 Å². The second kappa shape index (κ2) is 4.41. The average Bonchev–Trinajstić information content (AvgIpc) is 2.66. The van der Waals surface area contributed by atoms with Gasteiger partial charge in [0.2, 0.25) is 0 Å². The van der Waals surface area contributed by atoms with E-state index < -0.39 is 0 Å². The number of aromatic nitrogens is 1. The Kier molecular flexibility index (Phi) is 3.11. The van der Waals surface area contributed by atoms with Crippen LogP contribution in [0.1, 0.15) is 38.3 Å². The first-order valence-corrected chi connectivity index (χ1v) is 5.99. The number of hydrogen-bond acceptors (Lipinski definition) is 2. The zero-order chi connectivity index (χ0) is 12.6. The molecule has 92 valence electrons. The first-order valence-electron chi connectivity index (χ1n) is 5.99. The number of benzene rings is 1. The maximum atomic E-state index is 9.59. The molecule has 1 heterocycles. The van der Waals surface area contributed by atoms with Crippen LogP contribution in [0.4, 0.5) is 0 Å². The molecule has 3 heteroatoms. The normalized spacial score (nSPS) is 13.5. The fraction of sp³-hybridized carbons (Fsp3) is 0.429. The number of phenolic OH excluding ortho intramolecular Hbond substituents is 1. The standard InChI is InChI=1S/C14H19NO2/c1-9(2)15-7-13(10(3)8-16)12-6-11(17)4-5-14(12)15/h4-7,9-10,16-17H,8H2,1-3H3. The van der Waals surface area contributed by atoms with Crippen molar-refractivity contribution in [1.29, 1.82) is 0 Å². The van der Waals surface area contributed by atoms with Crippen LogP contribution in [0.5, 0.6) is 5.75 Å². The number of nitrogens with zero attached hydrogens (tertiary/aromatic N) is 1. The van der Waals surface area contributed by atoms with Gasteiger partial charge < -0.3 is 14.8 Å². The molecule has 0 saturated carbocycles. The molecule has 0 aliphatic heterocycles. The third-order valence-corrected chi connectivity index (χ3v) is 3.21. The molecule has 2 aromatic rings. The highest BCUT2D eigenvalue weighted by molar-refractivity contribution is 5.86. The van der Waals surface area contributed by atoms with E-state index in [4.69, 9.17) is 0 Å². The molecule has 0 bridgehead atoms. The van der Waals surface area contributed by atoms with Gasteiger partial charge in [0.05, 0.1) is 0 Å². The topological polar surface area (TPSA) is 45.4 Å². The minimum Gasteiger partial charge on any atom is -0.508 e. The van der Waals surface area contributed by atoms with Crippen LogP contribution in [-0.2, 0) is 0 Å². The molecular weight excluding hydrogens is 214 g/mol. The molecule has 17 heavy (non-hydrogen) atoms. The van der Waals surface area contributed by atoms with E-state index in [1.807, 2.05) is 13.0 Å². The Hall–Kier alpha value is -1.48. The fourth-order valence-corrected chi connectivity index (χ4v) is 2.19. The van der Waals surface area contributed by atoms with Gasteiger partial charge in [-0.3, -0.25) is 0 Å². The van der Waals surface area contributed by atoms with Gasteiger partial charge in [0.25, 0.3) is 0 Å². The summed E-state index contributed by atoms with van der Waals surface area (Å²) in [4.78, 5) is 0. The maximum absolute atomic E-state index is 9.59. The third kappa shape index (κ3) is 2.03. The maximum Gasteiger partial charge on any atom is 0.116 e. The summed E-state index contributed by atoms with van der Waals surface area (Å²) >= 11 is 0. The second-order valence-electron chi connectivity index (χ2n) is 4.87. The highest BCUT2D eigenvalue weighted by atomic mass is 16.3. The number of hydrogen-bond donors (Lipinski definition) is 2. The van der Waals surface area contributed by atoms with E-state index in [2.05, 4.69) is 24.6 Å². The van der Waals surface area contributed by atoms with Gasteiger partial charge in [-0.2, -0.15) is 0 Å². The molecule has 3 nitrogen and oxygen atoms in total. The third-order valence-electron chi connectivity index (χ3n) is 3.21. The van der Waals surface area contributed by atoms with E-state index in [9.17, 15) is 10.2 Å². The van der Waals surface area contributed by atoms with E-state index >= 15 is 0 Å². The summed E-state index contributed by atoms with van der Waals surface area (Å²) < 4.78 is 2.18. The van der Waals surface area contributed by atoms with Crippen molar-refractivity contribution < 1.29 is 10.2 Å². The molecule has 0 radical (unpaired) electrons. The quantitative estimate of drug-likeness (QED) is 0.856. The van der Waals surface area contributed by atoms with Gasteiger partial charge in [0.1, 0.15) is 5.75 Å². The first kappa shape index (κ1) is 12.0. The SMILES string of the molecule is CC(CO)c1cn(C(C)C)c2ccc(O)cc12. The van der Waals surface area contributed by atoms with E-state index in [0.717, 1.165) is 16.5 Å². The summed E-state index contributed by atoms with van der Waals surface area (Å²) in [7, 11) is 0. The number of rotatable bonds is 3. The largest absolute Gasteiger partial charge is 0.508 e. The molecule has 1 unspecified atom stereocenters. The molecule has 1 aromatic carbocycles. The van der Waals surface area contributed by atoms with Crippen LogP contribution in [-0.4, -0.2) is 21.4 Å². The Morgan fingerprint density at radius 3 is 2.53 bits per heavy atom. The summed E-state index contributed by atoms with van der Waals surface area (Å²) in [5, 5.41) is 19.9. The predicted octanol–water partition coefficient (Wildman–Crippen LogP) is 3.02. The smallest absolute Gasteiger partial charge is 0.116 e. The summed E-state index contributed by atoms with van der Waals surface area (Å²) in [5.41, 5.74) is 2.19. The lowest BCUT2D eigenvalue weighted by molar-refractivity contribution is 0.273. The van der Waals surface area contributed by atoms with E-state index in [1.165, 1.54) is 0 Å². The Morgan fingerprint density at radius 1 is 1.24 bits per heavy atom. The van der Waals surface area contributed by atoms with Crippen molar-refractivity contribution in [3.63, 3.8) is 0 Å². The Morgan fingerprint density at radius 2 is 1.94 bits per heavy atom. The van der Waals surface area contributed by atoms with Gasteiger partial charge >= 0.3 is 0 Å². The molecule has 0 fully saturated rings. The molecule has 0 amide bonds. The number of aromatic hydroxyl groups is 1. The highest BCUT2D eigenvalue weighted by Gasteiger charge is 2.15. The number of aliphatic hydroxyl groups excluding tert-OH is 1. The van der Waals surface area contributed by atoms with Crippen LogP contribution < -0.4 is 0 Å². The van der Waals surface area contributed by atoms with Crippen molar-refractivity contribution in [2.45, 2.75) is 32.7 Å². The Bertz CT molecular complexity index is 528. The molecule has 0 saturated heterocycles. The zero-order valence-electron chi connectivity index (χ0n) is 10.5. The van der Waals surface area contributed by atoms with Gasteiger partial charge in [0.15, 0.2) is 0 Å². The van der Waals surface area contributed by atoms with Crippen molar-refractivity contribution in [3.8, 4) is 5.75 Å². The first-order chi connectivity index (χ1) is 8.04. The van der Waals surface area contributed by atoms with E-state index in [0.29, 0.717) is 6.04 Å². The summed E-state index contributed by atoms with van der Waals surface area (Å²) in [5.74, 6) is 0.352. The second-order valence-corrected chi connectivity index (χ2v) is 4.87. The van der Waals surface area contributed by atoms with Crippen LogP contribution in [0.25, 0.3) is 10.9 Å². The van der Waals surface area contributed by atoms with E-state index in [1.54, 1.807) is 12.1 Å². The lowest BCUT2D eigenvalue weighted by atomic mass is 10.0. The number of aliphatic hydroxyl groups is 1. The highest BCUT2D eigenvalue weighted by Crippen LogP contribution is 2.32. The van der Waals surface area contributed by atoms with Crippen LogP contribution >= 0.6 is 0 Å². The fourth-order valence-electron chi connectivity index (χ4n) is 2.19. The van der Waals surface area contributed by atoms with Gasteiger partial charge in [-0.05, 0) is 37.6 Å². The van der Waals surface area contributed by atoms with Crippen molar-refractivity contribution in [3.05, 3.63) is 30.0 Å². The number of fused-ring (bicyclic) bond motifs is 1. The molecule has 0 aliphatic rings. The molecule has 0 spiro atoms. The van der Waals surface area contributed by atoms with Crippen LogP contribution in [0.3, 0.4) is 0 Å². The van der Waals surface area contributed by atoms with Crippen molar-refractivity contribution in [1.82, 2.24) is 4.57 Å². The lowest BCUT2D eigenvalue weighted by Crippen LogP contribution is -1.99. The minimum atomic E-state index is 0.0827. The monoisotopic (exact) mass is 233 g/mol. The molecule has 0 aliphatic carbocycles. The van der Waals surface area contributed by atoms with Gasteiger partial charge in [-0.25, -0.2) is 0 Å². The lowest BCUT2D eigenvalue weighted by Gasteiger charge is -2.08. The van der Waals surface area contributed by atoms with E-state index in [-0.39, 0.29) is 18.3 Å². The molecule has 2 N–H and O–H groups in total. The summed E-state index contributed by atoms with van der Waals surface area (Å²) in [6.07, 6.45) is 2.08. The van der Waals surface area contributed by atoms with Gasteiger partial charge in [-0.1, -0.05) is 6.92 Å². The summed E-state index contributed by atoms with van der Waals surface area (Å²) in [6.45, 7) is 6.36. The Balaban J connectivity index is 2.71. The Labute approximate surface area is 101 Å². The molecular formula is C14H19NO2. The van der Waals surface area contributed by atoms with Crippen molar-refractivity contribution >= 4 is 10.9 Å². The number of phenols is 1. The zero-order valence-corrected chi connectivity index (χ0v) is 10.5. The van der Waals surface area contributed by atoms with Gasteiger partial charge in [-0.15, -0.1) is 0 Å². The average molecular weight is 233 g/mol. The summed E-state index contributed by atoms with van der Waals surface area (Å²) in [6, 6.07) is 5.77. The van der Waals surface area contributed by atoms with Crippen LogP contribution in [0.2, 0.25) is 0 Å². The molecule has 2 rings (SSSR count).